The van der Waals surface area contributed by atoms with Crippen molar-refractivity contribution in [2.75, 3.05) is 33.3 Å². The molecule has 0 heterocycles. The van der Waals surface area contributed by atoms with E-state index in [0.29, 0.717) is 28.7 Å². The summed E-state index contributed by atoms with van der Waals surface area (Å²) in [6, 6.07) is 10.7. The van der Waals surface area contributed by atoms with Crippen LogP contribution in [0.3, 0.4) is 0 Å². The van der Waals surface area contributed by atoms with Gasteiger partial charge in [-0.3, -0.25) is 4.79 Å². The van der Waals surface area contributed by atoms with Crippen LogP contribution >= 0.6 is 0 Å². The lowest BCUT2D eigenvalue weighted by atomic mass is 10.2. The Kier molecular flexibility index (Phi) is 6.91. The first kappa shape index (κ1) is 19.2. The van der Waals surface area contributed by atoms with Gasteiger partial charge in [0.15, 0.2) is 18.1 Å². The second kappa shape index (κ2) is 9.36. The molecule has 0 spiro atoms. The van der Waals surface area contributed by atoms with Crippen LogP contribution in [0, 0.1) is 0 Å². The topological polar surface area (TPSA) is 66.0 Å². The fourth-order valence-corrected chi connectivity index (χ4v) is 2.34. The summed E-state index contributed by atoms with van der Waals surface area (Å²) in [5.74, 6) is 1.88. The molecule has 2 rings (SSSR count). The van der Waals surface area contributed by atoms with E-state index >= 15 is 0 Å². The van der Waals surface area contributed by atoms with Crippen LogP contribution in [0.5, 0.6) is 23.0 Å². The van der Waals surface area contributed by atoms with Gasteiger partial charge in [0.1, 0.15) is 11.5 Å². The zero-order chi connectivity index (χ0) is 18.9. The summed E-state index contributed by atoms with van der Waals surface area (Å²) >= 11 is 0. The van der Waals surface area contributed by atoms with E-state index in [-0.39, 0.29) is 12.5 Å². The number of allylic oxidation sites excluding steroid dienone is 1. The van der Waals surface area contributed by atoms with Crippen LogP contribution < -0.4 is 24.3 Å². The number of methoxy groups -OCH3 is 3. The lowest BCUT2D eigenvalue weighted by Crippen LogP contribution is -2.20. The molecule has 0 aliphatic carbocycles. The second-order valence-corrected chi connectivity index (χ2v) is 5.31. The van der Waals surface area contributed by atoms with Crippen LogP contribution in [0.15, 0.2) is 42.5 Å². The van der Waals surface area contributed by atoms with E-state index in [0.717, 1.165) is 5.56 Å². The minimum atomic E-state index is -0.323. The molecule has 0 atom stereocenters. The monoisotopic (exact) mass is 357 g/mol. The first-order chi connectivity index (χ1) is 12.6. The van der Waals surface area contributed by atoms with E-state index in [1.54, 1.807) is 38.5 Å². The molecule has 0 saturated carbocycles. The van der Waals surface area contributed by atoms with Gasteiger partial charge in [0, 0.05) is 6.07 Å². The maximum absolute atomic E-state index is 12.2. The van der Waals surface area contributed by atoms with Crippen LogP contribution in [-0.4, -0.2) is 33.8 Å². The molecule has 6 nitrogen and oxygen atoms in total. The number of nitrogens with one attached hydrogen (secondary N) is 1. The zero-order valence-electron chi connectivity index (χ0n) is 15.4. The molecule has 0 saturated heterocycles. The highest BCUT2D eigenvalue weighted by atomic mass is 16.5. The Bertz CT molecular complexity index is 786. The van der Waals surface area contributed by atoms with E-state index in [1.165, 1.54) is 7.11 Å². The summed E-state index contributed by atoms with van der Waals surface area (Å²) in [7, 11) is 4.65. The smallest absolute Gasteiger partial charge is 0.262 e. The molecule has 138 valence electrons. The van der Waals surface area contributed by atoms with E-state index in [1.807, 2.05) is 31.2 Å². The van der Waals surface area contributed by atoms with Crippen molar-refractivity contribution in [2.24, 2.45) is 0 Å². The van der Waals surface area contributed by atoms with Crippen LogP contribution in [0.25, 0.3) is 6.08 Å². The summed E-state index contributed by atoms with van der Waals surface area (Å²) in [4.78, 5) is 12.2. The highest BCUT2D eigenvalue weighted by Gasteiger charge is 2.11. The molecule has 0 aliphatic rings. The molecule has 1 N–H and O–H groups in total. The van der Waals surface area contributed by atoms with E-state index < -0.39 is 0 Å². The fraction of sp³-hybridized carbons (Fsp3) is 0.250. The van der Waals surface area contributed by atoms with Crippen molar-refractivity contribution in [2.45, 2.75) is 6.92 Å². The molecule has 0 aromatic heterocycles. The molecular weight excluding hydrogens is 334 g/mol. The van der Waals surface area contributed by atoms with E-state index in [2.05, 4.69) is 5.32 Å². The Morgan fingerprint density at radius 3 is 2.35 bits per heavy atom. The number of hydrogen-bond donors (Lipinski definition) is 1. The van der Waals surface area contributed by atoms with Gasteiger partial charge in [0.25, 0.3) is 5.91 Å². The standard InChI is InChI=1S/C20H23NO5/c1-5-6-14-7-9-18(19(11-14)25-4)26-13-20(22)21-16-12-15(23-2)8-10-17(16)24-3/h5-12H,13H2,1-4H3,(H,21,22)/b6-5+. The van der Waals surface area contributed by atoms with Crippen LogP contribution in [0.4, 0.5) is 5.69 Å². The van der Waals surface area contributed by atoms with Crippen molar-refractivity contribution >= 4 is 17.7 Å². The molecular formula is C20H23NO5. The minimum Gasteiger partial charge on any atom is -0.497 e. The number of carbonyl (C=O) groups excluding carboxylic acids is 1. The molecule has 0 fully saturated rings. The third kappa shape index (κ3) is 4.92. The summed E-state index contributed by atoms with van der Waals surface area (Å²) in [6.07, 6.45) is 3.89. The van der Waals surface area contributed by atoms with Gasteiger partial charge in [-0.05, 0) is 36.8 Å². The average molecular weight is 357 g/mol. The maximum atomic E-state index is 12.2. The fourth-order valence-electron chi connectivity index (χ4n) is 2.34. The van der Waals surface area contributed by atoms with E-state index in [9.17, 15) is 4.79 Å². The molecule has 6 heteroatoms. The molecule has 0 bridgehead atoms. The summed E-state index contributed by atoms with van der Waals surface area (Å²) in [6.45, 7) is 1.77. The van der Waals surface area contributed by atoms with Gasteiger partial charge >= 0.3 is 0 Å². The molecule has 1 amide bonds. The number of rotatable bonds is 8. The SMILES string of the molecule is C/C=C/c1ccc(OCC(=O)Nc2cc(OC)ccc2OC)c(OC)c1. The predicted molar refractivity (Wildman–Crippen MR) is 101 cm³/mol. The van der Waals surface area contributed by atoms with Crippen LogP contribution in [-0.2, 0) is 4.79 Å². The van der Waals surface area contributed by atoms with Gasteiger partial charge in [-0.15, -0.1) is 0 Å². The number of amides is 1. The normalized spacial score (nSPS) is 10.5. The largest absolute Gasteiger partial charge is 0.497 e. The van der Waals surface area contributed by atoms with Crippen molar-refractivity contribution in [3.63, 3.8) is 0 Å². The summed E-state index contributed by atoms with van der Waals surface area (Å²) < 4.78 is 21.3. The molecule has 2 aromatic carbocycles. The van der Waals surface area contributed by atoms with Crippen molar-refractivity contribution in [3.05, 3.63) is 48.0 Å². The average Bonchev–Trinajstić information content (AvgIpc) is 2.67. The highest BCUT2D eigenvalue weighted by Crippen LogP contribution is 2.30. The van der Waals surface area contributed by atoms with Gasteiger partial charge in [0.05, 0.1) is 27.0 Å². The van der Waals surface area contributed by atoms with E-state index in [4.69, 9.17) is 18.9 Å². The number of anilines is 1. The Labute approximate surface area is 153 Å². The first-order valence-electron chi connectivity index (χ1n) is 8.06. The quantitative estimate of drug-likeness (QED) is 0.779. The van der Waals surface area contributed by atoms with Gasteiger partial charge in [-0.2, -0.15) is 0 Å². The number of hydrogen-bond acceptors (Lipinski definition) is 5. The lowest BCUT2D eigenvalue weighted by molar-refractivity contribution is -0.118. The molecule has 0 unspecified atom stereocenters. The summed E-state index contributed by atoms with van der Waals surface area (Å²) in [5.41, 5.74) is 1.50. The number of benzene rings is 2. The Hall–Kier alpha value is -3.15. The van der Waals surface area contributed by atoms with Gasteiger partial charge in [-0.1, -0.05) is 18.2 Å². The number of ether oxygens (including phenoxy) is 4. The van der Waals surface area contributed by atoms with Crippen molar-refractivity contribution in [3.8, 4) is 23.0 Å². The molecule has 2 aromatic rings. The van der Waals surface area contributed by atoms with Crippen molar-refractivity contribution in [1.29, 1.82) is 0 Å². The first-order valence-corrected chi connectivity index (χ1v) is 8.06. The molecule has 0 aliphatic heterocycles. The Morgan fingerprint density at radius 2 is 1.69 bits per heavy atom. The molecule has 0 radical (unpaired) electrons. The molecule has 26 heavy (non-hydrogen) atoms. The van der Waals surface area contributed by atoms with Crippen molar-refractivity contribution in [1.82, 2.24) is 0 Å². The van der Waals surface area contributed by atoms with Gasteiger partial charge < -0.3 is 24.3 Å². The maximum Gasteiger partial charge on any atom is 0.262 e. The third-order valence-electron chi connectivity index (χ3n) is 3.59. The predicted octanol–water partition coefficient (Wildman–Crippen LogP) is 3.76. The number of carbonyl (C=O) groups is 1. The van der Waals surface area contributed by atoms with Crippen molar-refractivity contribution < 1.29 is 23.7 Å². The minimum absolute atomic E-state index is 0.167. The second-order valence-electron chi connectivity index (χ2n) is 5.31. The lowest BCUT2D eigenvalue weighted by Gasteiger charge is -2.13. The highest BCUT2D eigenvalue weighted by molar-refractivity contribution is 5.93. The summed E-state index contributed by atoms with van der Waals surface area (Å²) in [5, 5.41) is 2.75. The Morgan fingerprint density at radius 1 is 0.962 bits per heavy atom. The third-order valence-corrected chi connectivity index (χ3v) is 3.59. The van der Waals surface area contributed by atoms with Gasteiger partial charge in [0.2, 0.25) is 0 Å². The Balaban J connectivity index is 2.05. The van der Waals surface area contributed by atoms with Crippen LogP contribution in [0.2, 0.25) is 0 Å². The zero-order valence-corrected chi connectivity index (χ0v) is 15.4. The van der Waals surface area contributed by atoms with Crippen LogP contribution in [0.1, 0.15) is 12.5 Å². The van der Waals surface area contributed by atoms with Gasteiger partial charge in [-0.25, -0.2) is 0 Å².